The molecule has 1 unspecified atom stereocenters. The van der Waals surface area contributed by atoms with Crippen LogP contribution in [0.25, 0.3) is 0 Å². The number of hydrogen-bond acceptors (Lipinski definition) is 5. The van der Waals surface area contributed by atoms with Crippen molar-refractivity contribution in [1.29, 1.82) is 0 Å². The highest BCUT2D eigenvalue weighted by atomic mass is 15.3. The van der Waals surface area contributed by atoms with Gasteiger partial charge in [-0.3, -0.25) is 10.5 Å². The fraction of sp³-hybridized carbons (Fsp3) is 0.222. The lowest BCUT2D eigenvalue weighted by molar-refractivity contribution is 0.563. The van der Waals surface area contributed by atoms with Crippen LogP contribution in [0.1, 0.15) is 17.4 Å². The van der Waals surface area contributed by atoms with E-state index in [0.29, 0.717) is 0 Å². The van der Waals surface area contributed by atoms with Gasteiger partial charge in [0.05, 0.1) is 11.4 Å². The molecule has 3 N–H and O–H groups in total. The van der Waals surface area contributed by atoms with E-state index >= 15 is 0 Å². The molecule has 0 amide bonds. The Bertz CT molecular complexity index is 423. The molecule has 0 aliphatic carbocycles. The molecule has 0 aliphatic rings. The van der Waals surface area contributed by atoms with Crippen molar-refractivity contribution in [1.82, 2.24) is 25.2 Å². The minimum absolute atomic E-state index is 0.166. The second-order valence-electron chi connectivity index (χ2n) is 3.11. The van der Waals surface area contributed by atoms with Crippen LogP contribution in [0.2, 0.25) is 0 Å². The Morgan fingerprint density at radius 1 is 1.40 bits per heavy atom. The monoisotopic (exact) mass is 204 g/mol. The predicted octanol–water partition coefficient (Wildman–Crippen LogP) is -0.237. The van der Waals surface area contributed by atoms with Gasteiger partial charge in [-0.2, -0.15) is 5.10 Å². The summed E-state index contributed by atoms with van der Waals surface area (Å²) < 4.78 is 1.76. The highest BCUT2D eigenvalue weighted by Gasteiger charge is 2.16. The molecule has 2 aromatic rings. The third-order valence-corrected chi connectivity index (χ3v) is 2.22. The van der Waals surface area contributed by atoms with Crippen LogP contribution in [0.15, 0.2) is 30.9 Å². The molecule has 2 aromatic heterocycles. The highest BCUT2D eigenvalue weighted by Crippen LogP contribution is 2.17. The Morgan fingerprint density at radius 3 is 2.80 bits per heavy atom. The fourth-order valence-corrected chi connectivity index (χ4v) is 1.46. The standard InChI is InChI=1S/C9H12N6/c1-15-8(3-5-13-15)9(14-10)7-2-4-11-6-12-7/h2-6,9,14H,10H2,1H3. The van der Waals surface area contributed by atoms with Crippen molar-refractivity contribution in [2.75, 3.05) is 0 Å². The van der Waals surface area contributed by atoms with E-state index in [-0.39, 0.29) is 6.04 Å². The van der Waals surface area contributed by atoms with Gasteiger partial charge in [0.1, 0.15) is 12.4 Å². The molecular weight excluding hydrogens is 192 g/mol. The van der Waals surface area contributed by atoms with Crippen molar-refractivity contribution < 1.29 is 0 Å². The summed E-state index contributed by atoms with van der Waals surface area (Å²) in [7, 11) is 1.86. The molecular formula is C9H12N6. The molecule has 0 saturated heterocycles. The van der Waals surface area contributed by atoms with E-state index in [1.54, 1.807) is 17.1 Å². The summed E-state index contributed by atoms with van der Waals surface area (Å²) in [5.41, 5.74) is 4.48. The van der Waals surface area contributed by atoms with Gasteiger partial charge in [0.25, 0.3) is 0 Å². The molecule has 1 atom stereocenters. The molecule has 15 heavy (non-hydrogen) atoms. The first-order valence-corrected chi connectivity index (χ1v) is 4.53. The van der Waals surface area contributed by atoms with Crippen LogP contribution in [0.4, 0.5) is 0 Å². The zero-order chi connectivity index (χ0) is 10.7. The Balaban J connectivity index is 2.37. The lowest BCUT2D eigenvalue weighted by Gasteiger charge is -2.14. The van der Waals surface area contributed by atoms with E-state index in [1.807, 2.05) is 19.2 Å². The van der Waals surface area contributed by atoms with Crippen molar-refractivity contribution in [3.8, 4) is 0 Å². The lowest BCUT2D eigenvalue weighted by Crippen LogP contribution is -2.31. The van der Waals surface area contributed by atoms with E-state index in [1.165, 1.54) is 6.33 Å². The average Bonchev–Trinajstić information content (AvgIpc) is 2.68. The van der Waals surface area contributed by atoms with Gasteiger partial charge in [0, 0.05) is 19.4 Å². The quantitative estimate of drug-likeness (QED) is 0.533. The van der Waals surface area contributed by atoms with Gasteiger partial charge >= 0.3 is 0 Å². The molecule has 0 spiro atoms. The number of rotatable bonds is 3. The third kappa shape index (κ3) is 1.85. The van der Waals surface area contributed by atoms with Crippen LogP contribution in [-0.4, -0.2) is 19.7 Å². The lowest BCUT2D eigenvalue weighted by atomic mass is 10.1. The summed E-state index contributed by atoms with van der Waals surface area (Å²) >= 11 is 0. The van der Waals surface area contributed by atoms with Crippen LogP contribution in [0.5, 0.6) is 0 Å². The molecule has 2 rings (SSSR count). The maximum absolute atomic E-state index is 5.51. The summed E-state index contributed by atoms with van der Waals surface area (Å²) in [6.45, 7) is 0. The minimum Gasteiger partial charge on any atom is -0.271 e. The summed E-state index contributed by atoms with van der Waals surface area (Å²) in [5, 5.41) is 4.09. The van der Waals surface area contributed by atoms with Crippen molar-refractivity contribution in [3.05, 3.63) is 42.2 Å². The van der Waals surface area contributed by atoms with Crippen LogP contribution < -0.4 is 11.3 Å². The van der Waals surface area contributed by atoms with Crippen molar-refractivity contribution in [2.24, 2.45) is 12.9 Å². The highest BCUT2D eigenvalue weighted by molar-refractivity contribution is 5.19. The molecule has 0 saturated carbocycles. The first-order chi connectivity index (χ1) is 7.33. The molecule has 0 fully saturated rings. The topological polar surface area (TPSA) is 81.7 Å². The molecule has 2 heterocycles. The average molecular weight is 204 g/mol. The van der Waals surface area contributed by atoms with Gasteiger partial charge in [0.2, 0.25) is 0 Å². The van der Waals surface area contributed by atoms with Gasteiger partial charge in [-0.25, -0.2) is 15.4 Å². The van der Waals surface area contributed by atoms with Gasteiger partial charge in [-0.1, -0.05) is 0 Å². The van der Waals surface area contributed by atoms with Crippen LogP contribution >= 0.6 is 0 Å². The predicted molar refractivity (Wildman–Crippen MR) is 54.4 cm³/mol. The number of aryl methyl sites for hydroxylation is 1. The normalized spacial score (nSPS) is 12.7. The van der Waals surface area contributed by atoms with Crippen molar-refractivity contribution in [3.63, 3.8) is 0 Å². The summed E-state index contributed by atoms with van der Waals surface area (Å²) in [4.78, 5) is 8.02. The molecule has 78 valence electrons. The second kappa shape index (κ2) is 4.16. The number of hydrogen-bond donors (Lipinski definition) is 2. The molecule has 6 nitrogen and oxygen atoms in total. The van der Waals surface area contributed by atoms with Crippen molar-refractivity contribution in [2.45, 2.75) is 6.04 Å². The zero-order valence-electron chi connectivity index (χ0n) is 8.33. The molecule has 0 aliphatic heterocycles. The first kappa shape index (κ1) is 9.75. The minimum atomic E-state index is -0.166. The summed E-state index contributed by atoms with van der Waals surface area (Å²) in [6, 6.07) is 3.55. The molecule has 6 heteroatoms. The second-order valence-corrected chi connectivity index (χ2v) is 3.11. The number of hydrazine groups is 1. The summed E-state index contributed by atoms with van der Waals surface area (Å²) in [6.07, 6.45) is 4.90. The van der Waals surface area contributed by atoms with Crippen molar-refractivity contribution >= 4 is 0 Å². The number of nitrogens with two attached hydrogens (primary N) is 1. The Labute approximate surface area is 87.1 Å². The van der Waals surface area contributed by atoms with E-state index in [2.05, 4.69) is 20.5 Å². The maximum Gasteiger partial charge on any atom is 0.115 e. The maximum atomic E-state index is 5.51. The van der Waals surface area contributed by atoms with Crippen LogP contribution in [0, 0.1) is 0 Å². The van der Waals surface area contributed by atoms with Gasteiger partial charge in [-0.15, -0.1) is 0 Å². The molecule has 0 radical (unpaired) electrons. The van der Waals surface area contributed by atoms with E-state index in [9.17, 15) is 0 Å². The number of nitrogens with zero attached hydrogens (tertiary/aromatic N) is 4. The smallest absolute Gasteiger partial charge is 0.115 e. The summed E-state index contributed by atoms with van der Waals surface area (Å²) in [5.74, 6) is 5.51. The number of nitrogens with one attached hydrogen (secondary N) is 1. The van der Waals surface area contributed by atoms with Crippen LogP contribution in [-0.2, 0) is 7.05 Å². The Morgan fingerprint density at radius 2 is 2.27 bits per heavy atom. The zero-order valence-corrected chi connectivity index (χ0v) is 8.33. The van der Waals surface area contributed by atoms with E-state index < -0.39 is 0 Å². The Hall–Kier alpha value is -1.79. The molecule has 0 bridgehead atoms. The fourth-order valence-electron chi connectivity index (χ4n) is 1.46. The third-order valence-electron chi connectivity index (χ3n) is 2.22. The Kier molecular flexibility index (Phi) is 2.70. The van der Waals surface area contributed by atoms with E-state index in [4.69, 9.17) is 5.84 Å². The van der Waals surface area contributed by atoms with Gasteiger partial charge in [0.15, 0.2) is 0 Å². The van der Waals surface area contributed by atoms with Crippen LogP contribution in [0.3, 0.4) is 0 Å². The SMILES string of the molecule is Cn1nccc1C(NN)c1ccncn1. The van der Waals surface area contributed by atoms with Gasteiger partial charge < -0.3 is 0 Å². The van der Waals surface area contributed by atoms with Gasteiger partial charge in [-0.05, 0) is 12.1 Å². The first-order valence-electron chi connectivity index (χ1n) is 4.53. The largest absolute Gasteiger partial charge is 0.271 e. The molecule has 0 aromatic carbocycles. The number of aromatic nitrogens is 4. The van der Waals surface area contributed by atoms with E-state index in [0.717, 1.165) is 11.4 Å².